The van der Waals surface area contributed by atoms with Gasteiger partial charge in [-0.1, -0.05) is 49.0 Å². The molecule has 0 aliphatic heterocycles. The van der Waals surface area contributed by atoms with Gasteiger partial charge in [0, 0.05) is 0 Å². The Morgan fingerprint density at radius 2 is 0.636 bits per heavy atom. The van der Waals surface area contributed by atoms with Gasteiger partial charge in [0.2, 0.25) is 0 Å². The molecule has 0 unspecified atom stereocenters. The third-order valence-electron chi connectivity index (χ3n) is 0. The number of hydrogen-bond acceptors (Lipinski definition) is 0. The first-order chi connectivity index (χ1) is 3.00. The van der Waals surface area contributed by atoms with Crippen LogP contribution in [0.4, 0.5) is 0 Å². The summed E-state index contributed by atoms with van der Waals surface area (Å²) in [5.41, 5.74) is 0. The molecule has 0 bridgehead atoms. The van der Waals surface area contributed by atoms with Crippen LogP contribution < -0.4 is 51.4 Å². The van der Waals surface area contributed by atoms with Crippen LogP contribution in [0.5, 0.6) is 0 Å². The quantitative estimate of drug-likeness (QED) is 0.464. The molecule has 0 N–H and O–H groups in total. The van der Waals surface area contributed by atoms with Crippen molar-refractivity contribution in [3.05, 3.63) is 0 Å². The molecular formula is C7H28IKS2. The fraction of sp³-hybridized carbons (Fsp3) is 1.00. The SMILES string of the molecule is C.CC.CC.CC.I.S.S.[H-].[K+]. The molecule has 0 aromatic carbocycles. The first-order valence-electron chi connectivity index (χ1n) is 3.00. The molecule has 0 aliphatic carbocycles. The van der Waals surface area contributed by atoms with E-state index in [0.717, 1.165) is 0 Å². The fourth-order valence-corrected chi connectivity index (χ4v) is 0. The molecule has 0 spiro atoms. The molecule has 0 aromatic rings. The molecule has 0 aliphatic rings. The van der Waals surface area contributed by atoms with E-state index in [1.54, 1.807) is 0 Å². The van der Waals surface area contributed by atoms with Gasteiger partial charge < -0.3 is 1.43 Å². The zero-order valence-electron chi connectivity index (χ0n) is 9.41. The zero-order valence-corrected chi connectivity index (χ0v) is 15.9. The van der Waals surface area contributed by atoms with E-state index in [1.165, 1.54) is 0 Å². The van der Waals surface area contributed by atoms with Crippen molar-refractivity contribution in [3.63, 3.8) is 0 Å². The van der Waals surface area contributed by atoms with Crippen molar-refractivity contribution in [3.8, 4) is 0 Å². The van der Waals surface area contributed by atoms with Gasteiger partial charge in [0.15, 0.2) is 0 Å². The molecule has 0 heterocycles. The van der Waals surface area contributed by atoms with Gasteiger partial charge >= 0.3 is 51.4 Å². The maximum absolute atomic E-state index is 2.00. The molecule has 11 heavy (non-hydrogen) atoms. The van der Waals surface area contributed by atoms with Crippen molar-refractivity contribution < 1.29 is 52.8 Å². The minimum atomic E-state index is 0. The van der Waals surface area contributed by atoms with Crippen LogP contribution in [0.1, 0.15) is 50.4 Å². The number of halogens is 1. The molecule has 0 nitrogen and oxygen atoms in total. The molecule has 0 rings (SSSR count). The van der Waals surface area contributed by atoms with E-state index in [0.29, 0.717) is 0 Å². The van der Waals surface area contributed by atoms with Crippen LogP contribution in [0.15, 0.2) is 0 Å². The monoisotopic (exact) mass is 342 g/mol. The van der Waals surface area contributed by atoms with Crippen LogP contribution in [-0.4, -0.2) is 0 Å². The predicted molar refractivity (Wildman–Crippen MR) is 78.1 cm³/mol. The maximum atomic E-state index is 2.00. The second-order valence-electron chi connectivity index (χ2n) is 0. The van der Waals surface area contributed by atoms with Crippen LogP contribution in [-0.2, 0) is 0 Å². The van der Waals surface area contributed by atoms with Crippen molar-refractivity contribution in [2.75, 3.05) is 0 Å². The molecule has 0 aromatic heterocycles. The van der Waals surface area contributed by atoms with E-state index in [1.807, 2.05) is 41.5 Å². The van der Waals surface area contributed by atoms with E-state index in [2.05, 4.69) is 0 Å². The summed E-state index contributed by atoms with van der Waals surface area (Å²) in [6.07, 6.45) is 0. The van der Waals surface area contributed by atoms with Gasteiger partial charge in [0.25, 0.3) is 0 Å². The summed E-state index contributed by atoms with van der Waals surface area (Å²) in [5, 5.41) is 0. The summed E-state index contributed by atoms with van der Waals surface area (Å²) >= 11 is 0. The second-order valence-corrected chi connectivity index (χ2v) is 0. The molecular weight excluding hydrogens is 314 g/mol. The van der Waals surface area contributed by atoms with Gasteiger partial charge in [-0.15, -0.1) is 24.0 Å². The summed E-state index contributed by atoms with van der Waals surface area (Å²) in [4.78, 5) is 0. The third kappa shape index (κ3) is 170. The molecule has 76 valence electrons. The average molecular weight is 342 g/mol. The van der Waals surface area contributed by atoms with Crippen LogP contribution in [0.3, 0.4) is 0 Å². The van der Waals surface area contributed by atoms with Crippen LogP contribution >= 0.6 is 51.0 Å². The van der Waals surface area contributed by atoms with Crippen molar-refractivity contribution in [1.82, 2.24) is 0 Å². The van der Waals surface area contributed by atoms with Gasteiger partial charge in [0.1, 0.15) is 0 Å². The smallest absolute Gasteiger partial charge is 1.00 e. The van der Waals surface area contributed by atoms with Crippen molar-refractivity contribution in [2.45, 2.75) is 49.0 Å². The Bertz CT molecular complexity index is 21.4. The molecule has 0 saturated heterocycles. The van der Waals surface area contributed by atoms with Gasteiger partial charge in [-0.05, 0) is 0 Å². The molecule has 0 radical (unpaired) electrons. The summed E-state index contributed by atoms with van der Waals surface area (Å²) in [7, 11) is 0. The van der Waals surface area contributed by atoms with Gasteiger partial charge in [-0.25, -0.2) is 0 Å². The Morgan fingerprint density at radius 1 is 0.636 bits per heavy atom. The first-order valence-corrected chi connectivity index (χ1v) is 3.00. The second kappa shape index (κ2) is 202. The zero-order chi connectivity index (χ0) is 6.00. The first kappa shape index (κ1) is 65.3. The Morgan fingerprint density at radius 3 is 0.636 bits per heavy atom. The van der Waals surface area contributed by atoms with E-state index < -0.39 is 0 Å². The Labute approximate surface area is 150 Å². The summed E-state index contributed by atoms with van der Waals surface area (Å²) in [6.45, 7) is 12.0. The molecule has 0 amide bonds. The molecule has 0 fully saturated rings. The third-order valence-corrected chi connectivity index (χ3v) is 0. The Balaban J connectivity index is -0.00000000129. The minimum Gasteiger partial charge on any atom is -1.00 e. The van der Waals surface area contributed by atoms with E-state index in [9.17, 15) is 0 Å². The van der Waals surface area contributed by atoms with Gasteiger partial charge in [-0.3, -0.25) is 0 Å². The van der Waals surface area contributed by atoms with Crippen LogP contribution in [0.2, 0.25) is 0 Å². The number of hydrogen-bond donors (Lipinski definition) is 0. The van der Waals surface area contributed by atoms with Gasteiger partial charge in [-0.2, -0.15) is 27.0 Å². The van der Waals surface area contributed by atoms with Crippen molar-refractivity contribution >= 4 is 51.0 Å². The van der Waals surface area contributed by atoms with Gasteiger partial charge in [0.05, 0.1) is 0 Å². The molecule has 0 saturated carbocycles. The topological polar surface area (TPSA) is 0 Å². The molecule has 0 atom stereocenters. The average Bonchev–Trinajstić information content (AvgIpc) is 1.81. The minimum absolute atomic E-state index is 0. The fourth-order valence-electron chi connectivity index (χ4n) is 0. The largest absolute Gasteiger partial charge is 1.00 e. The van der Waals surface area contributed by atoms with Crippen LogP contribution in [0.25, 0.3) is 0 Å². The van der Waals surface area contributed by atoms with E-state index in [-0.39, 0.29) is 111 Å². The standard InChI is InChI=1S/3C2H6.CH4.HI.K.2H2S.H/c3*1-2;;;;;;/h3*1-2H3;1H4;1H;;2*1H2;/q;;;;;+1;;;-1. The normalized spacial score (nSPS) is 1.64. The van der Waals surface area contributed by atoms with E-state index >= 15 is 0 Å². The van der Waals surface area contributed by atoms with Crippen LogP contribution in [0, 0.1) is 0 Å². The van der Waals surface area contributed by atoms with E-state index in [4.69, 9.17) is 0 Å². The summed E-state index contributed by atoms with van der Waals surface area (Å²) in [5.74, 6) is 0. The Kier molecular flexibility index (Phi) is 1200. The predicted octanol–water partition coefficient (Wildman–Crippen LogP) is 1.67. The Hall–Kier alpha value is 3.07. The summed E-state index contributed by atoms with van der Waals surface area (Å²) < 4.78 is 0. The summed E-state index contributed by atoms with van der Waals surface area (Å²) in [6, 6.07) is 0. The van der Waals surface area contributed by atoms with Crippen molar-refractivity contribution in [1.29, 1.82) is 0 Å². The van der Waals surface area contributed by atoms with Crippen molar-refractivity contribution in [2.24, 2.45) is 0 Å². The molecule has 4 heteroatoms. The number of rotatable bonds is 0. The maximum Gasteiger partial charge on any atom is 1.00 e.